The summed E-state index contributed by atoms with van der Waals surface area (Å²) in [6, 6.07) is 0.301. The van der Waals surface area contributed by atoms with Gasteiger partial charge in [0.1, 0.15) is 11.7 Å². The molecule has 0 aromatic rings. The Morgan fingerprint density at radius 3 is 3.00 bits per heavy atom. The van der Waals surface area contributed by atoms with Crippen molar-refractivity contribution in [1.82, 2.24) is 4.90 Å². The summed E-state index contributed by atoms with van der Waals surface area (Å²) in [6.45, 7) is 2.43. The number of carbonyl (C=O) groups is 1. The van der Waals surface area contributed by atoms with Crippen molar-refractivity contribution in [3.05, 3.63) is 0 Å². The van der Waals surface area contributed by atoms with Crippen molar-refractivity contribution < 1.29 is 13.9 Å². The Labute approximate surface area is 83.2 Å². The fourth-order valence-corrected chi connectivity index (χ4v) is 2.88. The van der Waals surface area contributed by atoms with Crippen LogP contribution in [-0.4, -0.2) is 42.3 Å². The molecule has 2 heterocycles. The van der Waals surface area contributed by atoms with Crippen LogP contribution in [0.3, 0.4) is 0 Å². The summed E-state index contributed by atoms with van der Waals surface area (Å²) in [5, 5.41) is 0. The van der Waals surface area contributed by atoms with Crippen LogP contribution in [0.1, 0.15) is 26.2 Å². The van der Waals surface area contributed by atoms with Gasteiger partial charge in [-0.05, 0) is 19.8 Å². The smallest absolute Gasteiger partial charge is 0.326 e. The summed E-state index contributed by atoms with van der Waals surface area (Å²) >= 11 is 0. The van der Waals surface area contributed by atoms with Gasteiger partial charge in [0.25, 0.3) is 0 Å². The van der Waals surface area contributed by atoms with E-state index < -0.39 is 11.7 Å². The molecular weight excluding hydrogens is 185 g/mol. The lowest BCUT2D eigenvalue weighted by Crippen LogP contribution is -2.48. The van der Waals surface area contributed by atoms with E-state index in [0.29, 0.717) is 19.0 Å². The van der Waals surface area contributed by atoms with Gasteiger partial charge in [0, 0.05) is 19.0 Å². The van der Waals surface area contributed by atoms with Crippen LogP contribution in [0.2, 0.25) is 0 Å². The van der Waals surface area contributed by atoms with Crippen LogP contribution in [0.15, 0.2) is 0 Å². The Morgan fingerprint density at radius 1 is 1.64 bits per heavy atom. The highest BCUT2D eigenvalue weighted by atomic mass is 19.1. The molecule has 2 aliphatic heterocycles. The number of carbonyl (C=O) groups excluding carboxylic acids is 1. The second-order valence-corrected chi connectivity index (χ2v) is 4.36. The number of rotatable bonds is 1. The van der Waals surface area contributed by atoms with Crippen LogP contribution >= 0.6 is 0 Å². The third-order valence-electron chi connectivity index (χ3n) is 3.58. The van der Waals surface area contributed by atoms with Gasteiger partial charge in [-0.25, -0.2) is 4.39 Å². The van der Waals surface area contributed by atoms with E-state index in [9.17, 15) is 9.18 Å². The van der Waals surface area contributed by atoms with Crippen molar-refractivity contribution in [2.75, 3.05) is 13.7 Å². The highest BCUT2D eigenvalue weighted by molar-refractivity contribution is 5.82. The number of halogens is 1. The summed E-state index contributed by atoms with van der Waals surface area (Å²) in [5.41, 5.74) is -0.645. The number of methoxy groups -OCH3 is 1. The van der Waals surface area contributed by atoms with Gasteiger partial charge in [-0.1, -0.05) is 0 Å². The number of esters is 1. The summed E-state index contributed by atoms with van der Waals surface area (Å²) in [7, 11) is 1.38. The van der Waals surface area contributed by atoms with Gasteiger partial charge < -0.3 is 4.74 Å². The van der Waals surface area contributed by atoms with Crippen molar-refractivity contribution in [2.24, 2.45) is 0 Å². The van der Waals surface area contributed by atoms with Crippen molar-refractivity contribution in [3.8, 4) is 0 Å². The maximum Gasteiger partial charge on any atom is 0.326 e. The van der Waals surface area contributed by atoms with Crippen LogP contribution in [0.4, 0.5) is 4.39 Å². The minimum atomic E-state index is -0.878. The SMILES string of the molecule is COC(=O)[C@@]12CCC(C)N1C[C@H](F)C2. The number of hydrogen-bond acceptors (Lipinski definition) is 3. The molecule has 1 unspecified atom stereocenters. The molecule has 14 heavy (non-hydrogen) atoms. The fraction of sp³-hybridized carbons (Fsp3) is 0.900. The van der Waals surface area contributed by atoms with Gasteiger partial charge in [-0.3, -0.25) is 9.69 Å². The largest absolute Gasteiger partial charge is 0.468 e. The Bertz CT molecular complexity index is 259. The second-order valence-electron chi connectivity index (χ2n) is 4.36. The normalized spacial score (nSPS) is 42.5. The number of nitrogens with zero attached hydrogens (tertiary/aromatic N) is 1. The first-order valence-electron chi connectivity index (χ1n) is 5.09. The lowest BCUT2D eigenvalue weighted by Gasteiger charge is -2.30. The van der Waals surface area contributed by atoms with E-state index in [2.05, 4.69) is 0 Å². The molecule has 0 aromatic heterocycles. The predicted molar refractivity (Wildman–Crippen MR) is 49.7 cm³/mol. The van der Waals surface area contributed by atoms with Crippen LogP contribution < -0.4 is 0 Å². The van der Waals surface area contributed by atoms with Gasteiger partial charge in [-0.2, -0.15) is 0 Å². The van der Waals surface area contributed by atoms with E-state index in [1.165, 1.54) is 7.11 Å². The van der Waals surface area contributed by atoms with Crippen LogP contribution in [0, 0.1) is 0 Å². The molecule has 0 N–H and O–H groups in total. The average molecular weight is 201 g/mol. The first-order chi connectivity index (χ1) is 6.60. The minimum absolute atomic E-state index is 0.262. The van der Waals surface area contributed by atoms with E-state index in [1.54, 1.807) is 0 Å². The molecule has 0 saturated carbocycles. The average Bonchev–Trinajstić information content (AvgIpc) is 2.64. The number of hydrogen-bond donors (Lipinski definition) is 0. The molecule has 0 bridgehead atoms. The summed E-state index contributed by atoms with van der Waals surface area (Å²) in [5.74, 6) is -0.262. The van der Waals surface area contributed by atoms with Crippen LogP contribution in [0.5, 0.6) is 0 Å². The molecule has 80 valence electrons. The first-order valence-corrected chi connectivity index (χ1v) is 5.09. The van der Waals surface area contributed by atoms with E-state index >= 15 is 0 Å². The molecule has 2 aliphatic rings. The van der Waals surface area contributed by atoms with E-state index in [0.717, 1.165) is 12.8 Å². The number of fused-ring (bicyclic) bond motifs is 1. The Kier molecular flexibility index (Phi) is 2.26. The molecule has 0 amide bonds. The highest BCUT2D eigenvalue weighted by Gasteiger charge is 2.57. The molecule has 2 rings (SSSR count). The summed E-state index contributed by atoms with van der Waals surface area (Å²) in [6.07, 6.45) is 1.13. The molecule has 3 nitrogen and oxygen atoms in total. The van der Waals surface area contributed by atoms with Crippen molar-refractivity contribution in [2.45, 2.75) is 43.9 Å². The van der Waals surface area contributed by atoms with Gasteiger partial charge >= 0.3 is 5.97 Å². The Hall–Kier alpha value is -0.640. The highest BCUT2D eigenvalue weighted by Crippen LogP contribution is 2.43. The van der Waals surface area contributed by atoms with E-state index in [4.69, 9.17) is 4.74 Å². The van der Waals surface area contributed by atoms with E-state index in [1.807, 2.05) is 11.8 Å². The van der Waals surface area contributed by atoms with Gasteiger partial charge in [-0.15, -0.1) is 0 Å². The van der Waals surface area contributed by atoms with Crippen molar-refractivity contribution in [3.63, 3.8) is 0 Å². The summed E-state index contributed by atoms with van der Waals surface area (Å²) in [4.78, 5) is 13.7. The number of ether oxygens (including phenoxy) is 1. The predicted octanol–water partition coefficient (Wildman–Crippen LogP) is 1.12. The van der Waals surface area contributed by atoms with E-state index in [-0.39, 0.29) is 5.97 Å². The van der Waals surface area contributed by atoms with Crippen LogP contribution in [0.25, 0.3) is 0 Å². The second kappa shape index (κ2) is 3.19. The zero-order valence-electron chi connectivity index (χ0n) is 8.62. The minimum Gasteiger partial charge on any atom is -0.468 e. The first kappa shape index (κ1) is 9.90. The maximum atomic E-state index is 13.3. The molecule has 0 aromatic carbocycles. The van der Waals surface area contributed by atoms with Gasteiger partial charge in [0.05, 0.1) is 7.11 Å². The fourth-order valence-electron chi connectivity index (χ4n) is 2.88. The third kappa shape index (κ3) is 1.16. The molecule has 0 spiro atoms. The zero-order valence-corrected chi connectivity index (χ0v) is 8.62. The molecule has 4 heteroatoms. The molecule has 0 radical (unpaired) electrons. The van der Waals surface area contributed by atoms with Crippen molar-refractivity contribution >= 4 is 5.97 Å². The molecular formula is C10H16FNO2. The van der Waals surface area contributed by atoms with Gasteiger partial charge in [0.2, 0.25) is 0 Å². The summed E-state index contributed by atoms with van der Waals surface area (Å²) < 4.78 is 18.1. The Balaban J connectivity index is 2.27. The monoisotopic (exact) mass is 201 g/mol. The van der Waals surface area contributed by atoms with Crippen molar-refractivity contribution in [1.29, 1.82) is 0 Å². The lowest BCUT2D eigenvalue weighted by molar-refractivity contribution is -0.152. The zero-order chi connectivity index (χ0) is 10.3. The topological polar surface area (TPSA) is 29.5 Å². The quantitative estimate of drug-likeness (QED) is 0.595. The Morgan fingerprint density at radius 2 is 2.36 bits per heavy atom. The molecule has 2 fully saturated rings. The van der Waals surface area contributed by atoms with Crippen LogP contribution in [-0.2, 0) is 9.53 Å². The third-order valence-corrected chi connectivity index (χ3v) is 3.58. The standard InChI is InChI=1S/C10H16FNO2/c1-7-3-4-10(9(13)14-2)5-8(11)6-12(7)10/h7-8H,3-6H2,1-2H3/t7?,8-,10+/m1/s1. The molecule has 0 aliphatic carbocycles. The molecule has 3 atom stereocenters. The molecule has 2 saturated heterocycles. The maximum absolute atomic E-state index is 13.3. The van der Waals surface area contributed by atoms with Gasteiger partial charge in [0.15, 0.2) is 0 Å². The number of alkyl halides is 1. The lowest BCUT2D eigenvalue weighted by atomic mass is 9.94.